The van der Waals surface area contributed by atoms with Crippen LogP contribution in [0.1, 0.15) is 42.9 Å². The number of methoxy groups -OCH3 is 1. The number of rotatable bonds is 8. The fraction of sp³-hybridized carbons (Fsp3) is 0.500. The second-order valence-corrected chi connectivity index (χ2v) is 9.53. The summed E-state index contributed by atoms with van der Waals surface area (Å²) in [4.78, 5) is 32.2. The van der Waals surface area contributed by atoms with Gasteiger partial charge in [0.1, 0.15) is 5.75 Å². The van der Waals surface area contributed by atoms with Crippen molar-refractivity contribution in [1.82, 2.24) is 20.0 Å². The Morgan fingerprint density at radius 3 is 1.94 bits per heavy atom. The first-order valence-electron chi connectivity index (χ1n) is 12.8. The van der Waals surface area contributed by atoms with Gasteiger partial charge >= 0.3 is 0 Å². The van der Waals surface area contributed by atoms with Crippen molar-refractivity contribution in [2.24, 2.45) is 0 Å². The molecule has 0 aliphatic carbocycles. The molecule has 35 heavy (non-hydrogen) atoms. The smallest absolute Gasteiger partial charge is 0.236 e. The summed E-state index contributed by atoms with van der Waals surface area (Å²) < 4.78 is 5.29. The summed E-state index contributed by atoms with van der Waals surface area (Å²) in [5.41, 5.74) is 2.06. The molecular formula is C28H38N4O3. The second kappa shape index (κ2) is 12.7. The molecule has 7 nitrogen and oxygen atoms in total. The molecular weight excluding hydrogens is 440 g/mol. The van der Waals surface area contributed by atoms with Crippen molar-refractivity contribution in [3.63, 3.8) is 0 Å². The Kier molecular flexibility index (Phi) is 9.15. The van der Waals surface area contributed by atoms with Gasteiger partial charge in [0.2, 0.25) is 11.8 Å². The van der Waals surface area contributed by atoms with E-state index in [2.05, 4.69) is 15.1 Å². The summed E-state index contributed by atoms with van der Waals surface area (Å²) >= 11 is 0. The minimum atomic E-state index is -0.220. The van der Waals surface area contributed by atoms with Gasteiger partial charge in [0.15, 0.2) is 0 Å². The minimum Gasteiger partial charge on any atom is -0.497 e. The van der Waals surface area contributed by atoms with Gasteiger partial charge in [-0.15, -0.1) is 0 Å². The molecule has 2 aliphatic rings. The van der Waals surface area contributed by atoms with Gasteiger partial charge in [-0.1, -0.05) is 55.3 Å². The highest BCUT2D eigenvalue weighted by Crippen LogP contribution is 2.24. The van der Waals surface area contributed by atoms with Crippen LogP contribution in [0.25, 0.3) is 0 Å². The van der Waals surface area contributed by atoms with Crippen LogP contribution in [-0.2, 0) is 9.59 Å². The van der Waals surface area contributed by atoms with Gasteiger partial charge in [-0.2, -0.15) is 0 Å². The van der Waals surface area contributed by atoms with Gasteiger partial charge in [0.25, 0.3) is 0 Å². The number of ether oxygens (including phenoxy) is 1. The molecule has 2 amide bonds. The lowest BCUT2D eigenvalue weighted by atomic mass is 9.98. The van der Waals surface area contributed by atoms with Gasteiger partial charge in [-0.05, 0) is 36.1 Å². The van der Waals surface area contributed by atoms with Crippen LogP contribution in [0.4, 0.5) is 0 Å². The van der Waals surface area contributed by atoms with E-state index in [1.165, 1.54) is 12.8 Å². The SMILES string of the molecule is COc1ccc(C(NC(=O)CN2CCN(CC(=O)N3CCCCCC3)CC2)c2ccccc2)cc1. The average Bonchev–Trinajstić information content (AvgIpc) is 3.19. The van der Waals surface area contributed by atoms with Gasteiger partial charge in [-0.3, -0.25) is 19.4 Å². The van der Waals surface area contributed by atoms with Crippen LogP contribution in [0.3, 0.4) is 0 Å². The van der Waals surface area contributed by atoms with E-state index < -0.39 is 0 Å². The van der Waals surface area contributed by atoms with E-state index >= 15 is 0 Å². The fourth-order valence-corrected chi connectivity index (χ4v) is 4.93. The number of hydrogen-bond donors (Lipinski definition) is 1. The number of benzene rings is 2. The van der Waals surface area contributed by atoms with E-state index in [1.54, 1.807) is 7.11 Å². The lowest BCUT2D eigenvalue weighted by Crippen LogP contribution is -2.52. The first-order chi connectivity index (χ1) is 17.1. The zero-order valence-corrected chi connectivity index (χ0v) is 20.8. The third kappa shape index (κ3) is 7.29. The zero-order valence-electron chi connectivity index (χ0n) is 20.8. The van der Waals surface area contributed by atoms with Crippen LogP contribution in [0.5, 0.6) is 5.75 Å². The van der Waals surface area contributed by atoms with E-state index in [4.69, 9.17) is 4.74 Å². The topological polar surface area (TPSA) is 65.1 Å². The number of nitrogens with zero attached hydrogens (tertiary/aromatic N) is 3. The maximum absolute atomic E-state index is 13.0. The highest BCUT2D eigenvalue weighted by Gasteiger charge is 2.24. The molecule has 2 aromatic rings. The third-order valence-electron chi connectivity index (χ3n) is 7.04. The summed E-state index contributed by atoms with van der Waals surface area (Å²) in [6.45, 7) is 5.85. The Hall–Kier alpha value is -2.90. The van der Waals surface area contributed by atoms with Crippen molar-refractivity contribution >= 4 is 11.8 Å². The van der Waals surface area contributed by atoms with E-state index in [0.717, 1.165) is 69.0 Å². The Balaban J connectivity index is 1.28. The number of nitrogens with one attached hydrogen (secondary N) is 1. The maximum atomic E-state index is 13.0. The first kappa shape index (κ1) is 25.2. The van der Waals surface area contributed by atoms with E-state index in [0.29, 0.717) is 13.1 Å². The second-order valence-electron chi connectivity index (χ2n) is 9.53. The molecule has 4 rings (SSSR count). The number of carbonyl (C=O) groups excluding carboxylic acids is 2. The molecule has 7 heteroatoms. The summed E-state index contributed by atoms with van der Waals surface area (Å²) in [6.07, 6.45) is 4.70. The molecule has 1 N–H and O–H groups in total. The van der Waals surface area contributed by atoms with Crippen molar-refractivity contribution in [1.29, 1.82) is 0 Å². The minimum absolute atomic E-state index is 0.00349. The van der Waals surface area contributed by atoms with Crippen LogP contribution in [-0.4, -0.2) is 86.0 Å². The van der Waals surface area contributed by atoms with Crippen molar-refractivity contribution in [2.45, 2.75) is 31.7 Å². The molecule has 2 saturated heterocycles. The van der Waals surface area contributed by atoms with E-state index in [-0.39, 0.29) is 17.9 Å². The van der Waals surface area contributed by atoms with Crippen LogP contribution >= 0.6 is 0 Å². The van der Waals surface area contributed by atoms with Crippen LogP contribution in [0, 0.1) is 0 Å². The van der Waals surface area contributed by atoms with Gasteiger partial charge in [0.05, 0.1) is 26.2 Å². The highest BCUT2D eigenvalue weighted by atomic mass is 16.5. The van der Waals surface area contributed by atoms with Crippen LogP contribution in [0.2, 0.25) is 0 Å². The Labute approximate surface area is 209 Å². The van der Waals surface area contributed by atoms with Gasteiger partial charge < -0.3 is 15.0 Å². The number of carbonyl (C=O) groups is 2. The van der Waals surface area contributed by atoms with Gasteiger partial charge in [-0.25, -0.2) is 0 Å². The monoisotopic (exact) mass is 478 g/mol. The fourth-order valence-electron chi connectivity index (χ4n) is 4.93. The molecule has 188 valence electrons. The average molecular weight is 479 g/mol. The van der Waals surface area contributed by atoms with Crippen molar-refractivity contribution in [3.05, 3.63) is 65.7 Å². The first-order valence-corrected chi connectivity index (χ1v) is 12.8. The molecule has 1 unspecified atom stereocenters. The summed E-state index contributed by atoms with van der Waals surface area (Å²) in [6, 6.07) is 17.6. The van der Waals surface area contributed by atoms with Gasteiger partial charge in [0, 0.05) is 39.3 Å². The Bertz CT molecular complexity index is 934. The number of amides is 2. The molecule has 0 bridgehead atoms. The van der Waals surface area contributed by atoms with Crippen LogP contribution in [0.15, 0.2) is 54.6 Å². The quantitative estimate of drug-likeness (QED) is 0.632. The van der Waals surface area contributed by atoms with E-state index in [9.17, 15) is 9.59 Å². The Morgan fingerprint density at radius 2 is 1.34 bits per heavy atom. The molecule has 0 saturated carbocycles. The van der Waals surface area contributed by atoms with Crippen molar-refractivity contribution < 1.29 is 14.3 Å². The number of likely N-dealkylation sites (tertiary alicyclic amines) is 1. The molecule has 0 radical (unpaired) electrons. The largest absolute Gasteiger partial charge is 0.497 e. The standard InChI is InChI=1S/C28H38N4O3/c1-35-25-13-11-24(12-14-25)28(23-9-5-4-6-10-23)29-26(33)21-30-17-19-31(20-18-30)22-27(34)32-15-7-2-3-8-16-32/h4-6,9-14,28H,2-3,7-8,15-22H2,1H3,(H,29,33). The maximum Gasteiger partial charge on any atom is 0.236 e. The predicted molar refractivity (Wildman–Crippen MR) is 137 cm³/mol. The lowest BCUT2D eigenvalue weighted by Gasteiger charge is -2.35. The zero-order chi connectivity index (χ0) is 24.5. The molecule has 2 fully saturated rings. The lowest BCUT2D eigenvalue weighted by molar-refractivity contribution is -0.133. The highest BCUT2D eigenvalue weighted by molar-refractivity contribution is 5.79. The summed E-state index contributed by atoms with van der Waals surface area (Å²) in [5, 5.41) is 3.23. The normalized spacial score (nSPS) is 18.5. The molecule has 0 aromatic heterocycles. The number of hydrogen-bond acceptors (Lipinski definition) is 5. The summed E-state index contributed by atoms with van der Waals surface area (Å²) in [5.74, 6) is 1.05. The van der Waals surface area contributed by atoms with E-state index in [1.807, 2.05) is 59.5 Å². The van der Waals surface area contributed by atoms with Crippen molar-refractivity contribution in [3.8, 4) is 5.75 Å². The Morgan fingerprint density at radius 1 is 0.771 bits per heavy atom. The predicted octanol–water partition coefficient (Wildman–Crippen LogP) is 2.92. The molecule has 0 spiro atoms. The molecule has 2 aromatic carbocycles. The number of piperazine rings is 1. The third-order valence-corrected chi connectivity index (χ3v) is 7.04. The van der Waals surface area contributed by atoms with Crippen molar-refractivity contribution in [2.75, 3.05) is 59.5 Å². The molecule has 2 heterocycles. The molecule has 1 atom stereocenters. The summed E-state index contributed by atoms with van der Waals surface area (Å²) in [7, 11) is 1.65. The molecule has 2 aliphatic heterocycles. The van der Waals surface area contributed by atoms with Crippen LogP contribution < -0.4 is 10.1 Å².